The number of likely N-dealkylation sites (tertiary alicyclic amines) is 1. The quantitative estimate of drug-likeness (QED) is 0.931. The van der Waals surface area contributed by atoms with Crippen molar-refractivity contribution in [2.45, 2.75) is 39.7 Å². The second kappa shape index (κ2) is 6.70. The smallest absolute Gasteiger partial charge is 0.339 e. The monoisotopic (exact) mass is 341 g/mol. The lowest BCUT2D eigenvalue weighted by Gasteiger charge is -2.32. The Morgan fingerprint density at radius 1 is 1.08 bits per heavy atom. The Morgan fingerprint density at radius 3 is 2.20 bits per heavy atom. The molecule has 3 rings (SSSR count). The fourth-order valence-corrected chi connectivity index (χ4v) is 3.60. The Morgan fingerprint density at radius 2 is 1.68 bits per heavy atom. The summed E-state index contributed by atoms with van der Waals surface area (Å²) in [6.07, 6.45) is 2.96. The van der Waals surface area contributed by atoms with Crippen LogP contribution in [0.2, 0.25) is 0 Å². The molecule has 1 aromatic heterocycles. The molecule has 1 saturated heterocycles. The fraction of sp³-hybridized carbons (Fsp3) is 0.421. The van der Waals surface area contributed by atoms with Gasteiger partial charge in [0.05, 0.1) is 17.9 Å². The summed E-state index contributed by atoms with van der Waals surface area (Å²) in [5, 5.41) is 13.4. The highest BCUT2D eigenvalue weighted by Crippen LogP contribution is 2.25. The molecule has 0 bridgehead atoms. The van der Waals surface area contributed by atoms with Crippen LogP contribution in [-0.4, -0.2) is 44.8 Å². The first-order valence-electron chi connectivity index (χ1n) is 8.52. The van der Waals surface area contributed by atoms with Gasteiger partial charge in [0.1, 0.15) is 5.56 Å². The SMILES string of the molecule is Cc1cc(C)cc(C(=O)N2CCC(n3ncc(C(=O)O)c3C)CC2)c1. The fourth-order valence-electron chi connectivity index (χ4n) is 3.60. The van der Waals surface area contributed by atoms with E-state index in [0.29, 0.717) is 18.8 Å². The molecule has 2 heterocycles. The highest BCUT2D eigenvalue weighted by molar-refractivity contribution is 5.94. The van der Waals surface area contributed by atoms with Crippen LogP contribution in [0.25, 0.3) is 0 Å². The number of piperidine rings is 1. The van der Waals surface area contributed by atoms with E-state index in [1.807, 2.05) is 30.9 Å². The number of carboxylic acid groups (broad SMARTS) is 1. The summed E-state index contributed by atoms with van der Waals surface area (Å²) in [6.45, 7) is 7.08. The van der Waals surface area contributed by atoms with Crippen LogP contribution >= 0.6 is 0 Å². The van der Waals surface area contributed by atoms with E-state index < -0.39 is 5.97 Å². The van der Waals surface area contributed by atoms with Crippen molar-refractivity contribution in [2.24, 2.45) is 0 Å². The Bertz CT molecular complexity index is 797. The van der Waals surface area contributed by atoms with Crippen LogP contribution in [0, 0.1) is 20.8 Å². The number of amides is 1. The van der Waals surface area contributed by atoms with Gasteiger partial charge in [-0.2, -0.15) is 5.10 Å². The minimum absolute atomic E-state index is 0.0636. The van der Waals surface area contributed by atoms with E-state index in [1.54, 1.807) is 11.6 Å². The number of aryl methyl sites for hydroxylation is 2. The Balaban J connectivity index is 1.69. The summed E-state index contributed by atoms with van der Waals surface area (Å²) in [7, 11) is 0. The maximum atomic E-state index is 12.7. The lowest BCUT2D eigenvalue weighted by molar-refractivity contribution is 0.0688. The summed E-state index contributed by atoms with van der Waals surface area (Å²) in [5.41, 5.74) is 3.83. The third kappa shape index (κ3) is 3.43. The first-order chi connectivity index (χ1) is 11.9. The lowest BCUT2D eigenvalue weighted by atomic mass is 10.0. The van der Waals surface area contributed by atoms with Crippen molar-refractivity contribution in [3.8, 4) is 0 Å². The van der Waals surface area contributed by atoms with Crippen LogP contribution in [0.5, 0.6) is 0 Å². The van der Waals surface area contributed by atoms with Gasteiger partial charge in [-0.3, -0.25) is 9.48 Å². The predicted octanol–water partition coefficient (Wildman–Crippen LogP) is 2.98. The molecule has 132 valence electrons. The topological polar surface area (TPSA) is 75.4 Å². The zero-order chi connectivity index (χ0) is 18.1. The third-order valence-corrected chi connectivity index (χ3v) is 4.84. The van der Waals surface area contributed by atoms with Crippen LogP contribution in [0.15, 0.2) is 24.4 Å². The van der Waals surface area contributed by atoms with Crippen LogP contribution in [0.1, 0.15) is 56.4 Å². The van der Waals surface area contributed by atoms with Gasteiger partial charge in [-0.15, -0.1) is 0 Å². The van der Waals surface area contributed by atoms with Crippen LogP contribution in [0.3, 0.4) is 0 Å². The number of hydrogen-bond acceptors (Lipinski definition) is 3. The van der Waals surface area contributed by atoms with E-state index in [1.165, 1.54) is 6.20 Å². The summed E-state index contributed by atoms with van der Waals surface area (Å²) < 4.78 is 1.79. The molecule has 1 aromatic carbocycles. The number of rotatable bonds is 3. The van der Waals surface area contributed by atoms with E-state index in [-0.39, 0.29) is 17.5 Å². The molecular formula is C19H23N3O3. The number of aromatic nitrogens is 2. The molecule has 1 amide bonds. The van der Waals surface area contributed by atoms with Crippen LogP contribution in [0.4, 0.5) is 0 Å². The Kier molecular flexibility index (Phi) is 4.61. The number of carbonyl (C=O) groups excluding carboxylic acids is 1. The molecule has 0 atom stereocenters. The average molecular weight is 341 g/mol. The van der Waals surface area contributed by atoms with Gasteiger partial charge in [-0.1, -0.05) is 17.2 Å². The van der Waals surface area contributed by atoms with E-state index in [0.717, 1.165) is 29.5 Å². The number of carboxylic acids is 1. The predicted molar refractivity (Wildman–Crippen MR) is 94.0 cm³/mol. The maximum Gasteiger partial charge on any atom is 0.339 e. The van der Waals surface area contributed by atoms with Gasteiger partial charge in [0, 0.05) is 18.7 Å². The van der Waals surface area contributed by atoms with E-state index in [4.69, 9.17) is 5.11 Å². The average Bonchev–Trinajstić information content (AvgIpc) is 2.95. The summed E-state index contributed by atoms with van der Waals surface area (Å²) in [4.78, 5) is 25.8. The maximum absolute atomic E-state index is 12.7. The number of nitrogens with zero attached hydrogens (tertiary/aromatic N) is 3. The van der Waals surface area contributed by atoms with E-state index >= 15 is 0 Å². The molecule has 0 spiro atoms. The summed E-state index contributed by atoms with van der Waals surface area (Å²) in [6, 6.07) is 6.05. The molecule has 6 nitrogen and oxygen atoms in total. The van der Waals surface area contributed by atoms with E-state index in [2.05, 4.69) is 11.2 Å². The molecule has 25 heavy (non-hydrogen) atoms. The van der Waals surface area contributed by atoms with Gasteiger partial charge >= 0.3 is 5.97 Å². The highest BCUT2D eigenvalue weighted by atomic mass is 16.4. The second-order valence-corrected chi connectivity index (χ2v) is 6.79. The zero-order valence-corrected chi connectivity index (χ0v) is 14.8. The molecule has 0 saturated carbocycles. The van der Waals surface area contributed by atoms with Gasteiger partial charge in [0.25, 0.3) is 5.91 Å². The normalized spacial score (nSPS) is 15.4. The first kappa shape index (κ1) is 17.2. The first-order valence-corrected chi connectivity index (χ1v) is 8.52. The molecule has 0 aliphatic carbocycles. The van der Waals surface area contributed by atoms with Gasteiger partial charge in [-0.25, -0.2) is 4.79 Å². The van der Waals surface area contributed by atoms with Crippen molar-refractivity contribution in [3.63, 3.8) is 0 Å². The molecular weight excluding hydrogens is 318 g/mol. The van der Waals surface area contributed by atoms with Crippen LogP contribution in [-0.2, 0) is 0 Å². The highest BCUT2D eigenvalue weighted by Gasteiger charge is 2.27. The largest absolute Gasteiger partial charge is 0.478 e. The van der Waals surface area contributed by atoms with E-state index in [9.17, 15) is 9.59 Å². The number of carbonyl (C=O) groups is 2. The molecule has 1 fully saturated rings. The van der Waals surface area contributed by atoms with Crippen molar-refractivity contribution < 1.29 is 14.7 Å². The number of hydrogen-bond donors (Lipinski definition) is 1. The molecule has 6 heteroatoms. The minimum atomic E-state index is -0.953. The van der Waals surface area contributed by atoms with Gasteiger partial charge in [0.2, 0.25) is 0 Å². The molecule has 0 radical (unpaired) electrons. The lowest BCUT2D eigenvalue weighted by Crippen LogP contribution is -2.39. The molecule has 1 aliphatic rings. The van der Waals surface area contributed by atoms with Gasteiger partial charge in [-0.05, 0) is 45.7 Å². The standard InChI is InChI=1S/C19H23N3O3/c1-12-8-13(2)10-15(9-12)18(23)21-6-4-16(5-7-21)22-14(3)17(11-20-22)19(24)25/h8-11,16H,4-7H2,1-3H3,(H,24,25). The summed E-state index contributed by atoms with van der Waals surface area (Å²) in [5.74, 6) is -0.889. The minimum Gasteiger partial charge on any atom is -0.478 e. The summed E-state index contributed by atoms with van der Waals surface area (Å²) >= 11 is 0. The number of benzene rings is 1. The third-order valence-electron chi connectivity index (χ3n) is 4.84. The Labute approximate surface area is 147 Å². The van der Waals surface area contributed by atoms with Crippen molar-refractivity contribution in [3.05, 3.63) is 52.3 Å². The molecule has 2 aromatic rings. The molecule has 1 aliphatic heterocycles. The second-order valence-electron chi connectivity index (χ2n) is 6.79. The number of aromatic carboxylic acids is 1. The van der Waals surface area contributed by atoms with Crippen LogP contribution < -0.4 is 0 Å². The van der Waals surface area contributed by atoms with Crippen molar-refractivity contribution in [1.82, 2.24) is 14.7 Å². The zero-order valence-electron chi connectivity index (χ0n) is 14.8. The molecule has 1 N–H and O–H groups in total. The molecule has 0 unspecified atom stereocenters. The van der Waals surface area contributed by atoms with Crippen molar-refractivity contribution >= 4 is 11.9 Å². The van der Waals surface area contributed by atoms with Gasteiger partial charge in [0.15, 0.2) is 0 Å². The van der Waals surface area contributed by atoms with Crippen molar-refractivity contribution in [2.75, 3.05) is 13.1 Å². The van der Waals surface area contributed by atoms with Crippen molar-refractivity contribution in [1.29, 1.82) is 0 Å². The van der Waals surface area contributed by atoms with Gasteiger partial charge < -0.3 is 10.0 Å². The Hall–Kier alpha value is -2.63.